The van der Waals surface area contributed by atoms with Crippen LogP contribution in [0.1, 0.15) is 56.1 Å². The topological polar surface area (TPSA) is 78.9 Å². The molecule has 1 aliphatic rings. The fraction of sp³-hybridized carbons (Fsp3) is 0.737. The average Bonchev–Trinajstić information content (AvgIpc) is 3.33. The van der Waals surface area contributed by atoms with Gasteiger partial charge < -0.3 is 20.3 Å². The second kappa shape index (κ2) is 9.39. The van der Waals surface area contributed by atoms with Crippen molar-refractivity contribution in [1.82, 2.24) is 20.5 Å². The number of carbonyl (C=O) groups excluding carboxylic acids is 1. The lowest BCUT2D eigenvalue weighted by Crippen LogP contribution is -2.45. The Bertz CT molecular complexity index is 642. The van der Waals surface area contributed by atoms with Crippen LogP contribution < -0.4 is 10.6 Å². The number of nitrogens with one attached hydrogen (secondary N) is 2. The molecule has 152 valence electrons. The number of hydrogen-bond acceptors (Lipinski definition) is 5. The van der Waals surface area contributed by atoms with Crippen molar-refractivity contribution < 1.29 is 9.53 Å². The van der Waals surface area contributed by atoms with Gasteiger partial charge in [0.2, 0.25) is 0 Å². The number of amides is 1. The van der Waals surface area contributed by atoms with E-state index in [0.717, 1.165) is 36.0 Å². The van der Waals surface area contributed by atoms with E-state index in [1.54, 1.807) is 11.3 Å². The summed E-state index contributed by atoms with van der Waals surface area (Å²) < 4.78 is 5.53. The monoisotopic (exact) mass is 395 g/mol. The van der Waals surface area contributed by atoms with E-state index >= 15 is 0 Å². The number of hydrogen-bond donors (Lipinski definition) is 2. The fourth-order valence-corrected chi connectivity index (χ4v) is 3.38. The van der Waals surface area contributed by atoms with E-state index in [-0.39, 0.29) is 6.09 Å². The molecule has 0 unspecified atom stereocenters. The van der Waals surface area contributed by atoms with Crippen molar-refractivity contribution in [3.8, 4) is 0 Å². The molecule has 1 heterocycles. The highest BCUT2D eigenvalue weighted by atomic mass is 32.1. The molecule has 8 heteroatoms. The van der Waals surface area contributed by atoms with Crippen molar-refractivity contribution in [2.24, 2.45) is 4.99 Å². The molecule has 7 nitrogen and oxygen atoms in total. The maximum Gasteiger partial charge on any atom is 0.410 e. The van der Waals surface area contributed by atoms with Crippen LogP contribution in [0.25, 0.3) is 0 Å². The van der Waals surface area contributed by atoms with E-state index in [9.17, 15) is 4.79 Å². The first-order valence-corrected chi connectivity index (χ1v) is 10.5. The predicted octanol–water partition coefficient (Wildman–Crippen LogP) is 3.21. The smallest absolute Gasteiger partial charge is 0.410 e. The summed E-state index contributed by atoms with van der Waals surface area (Å²) in [5.74, 6) is 0.739. The quantitative estimate of drug-likeness (QED) is 0.547. The van der Waals surface area contributed by atoms with Gasteiger partial charge in [-0.05, 0) is 54.4 Å². The Morgan fingerprint density at radius 1 is 1.33 bits per heavy atom. The first-order chi connectivity index (χ1) is 12.7. The molecular weight excluding hydrogens is 362 g/mol. The van der Waals surface area contributed by atoms with Gasteiger partial charge in [-0.25, -0.2) is 14.8 Å². The van der Waals surface area contributed by atoms with Crippen LogP contribution in [0.3, 0.4) is 0 Å². The third-order valence-corrected chi connectivity index (χ3v) is 5.11. The van der Waals surface area contributed by atoms with Gasteiger partial charge in [-0.1, -0.05) is 0 Å². The number of thiazole rings is 1. The van der Waals surface area contributed by atoms with Gasteiger partial charge in [-0.2, -0.15) is 0 Å². The summed E-state index contributed by atoms with van der Waals surface area (Å²) in [6, 6.07) is 0.308. The van der Waals surface area contributed by atoms with Crippen molar-refractivity contribution in [1.29, 1.82) is 0 Å². The summed E-state index contributed by atoms with van der Waals surface area (Å²) in [5.41, 5.74) is 0.596. The number of nitrogens with zero attached hydrogens (tertiary/aromatic N) is 3. The van der Waals surface area contributed by atoms with Crippen LogP contribution in [0.2, 0.25) is 0 Å². The molecule has 0 aliphatic heterocycles. The van der Waals surface area contributed by atoms with Crippen LogP contribution in [0.15, 0.2) is 4.99 Å². The first kappa shape index (κ1) is 21.5. The predicted molar refractivity (Wildman–Crippen MR) is 110 cm³/mol. The van der Waals surface area contributed by atoms with E-state index in [2.05, 4.69) is 27.5 Å². The summed E-state index contributed by atoms with van der Waals surface area (Å²) in [5, 5.41) is 7.56. The summed E-state index contributed by atoms with van der Waals surface area (Å²) in [7, 11) is 0. The zero-order chi connectivity index (χ0) is 20.0. The van der Waals surface area contributed by atoms with Gasteiger partial charge in [-0.15, -0.1) is 11.3 Å². The molecular formula is C19H33N5O2S. The molecule has 1 amide bonds. The van der Waals surface area contributed by atoms with Gasteiger partial charge in [0.15, 0.2) is 5.96 Å². The standard InChI is InChI=1S/C19H33N5O2S/c1-7-20-17(22-12-16-23-13(2)14(3)27-16)21-10-11-24(15-8-9-15)18(25)26-19(4,5)6/h15H,7-12H2,1-6H3,(H2,20,21,22). The van der Waals surface area contributed by atoms with E-state index in [1.807, 2.05) is 39.5 Å². The SMILES string of the molecule is CCNC(=NCc1nc(C)c(C)s1)NCCN(C(=O)OC(C)(C)C)C1CC1. The molecule has 1 saturated carbocycles. The maximum absolute atomic E-state index is 12.4. The number of aliphatic imine (C=N–C) groups is 1. The Kier molecular flexibility index (Phi) is 7.47. The van der Waals surface area contributed by atoms with Crippen molar-refractivity contribution in [2.75, 3.05) is 19.6 Å². The largest absolute Gasteiger partial charge is 0.444 e. The Hall–Kier alpha value is -1.83. The van der Waals surface area contributed by atoms with Gasteiger partial charge in [-0.3, -0.25) is 0 Å². The maximum atomic E-state index is 12.4. The highest BCUT2D eigenvalue weighted by molar-refractivity contribution is 7.11. The van der Waals surface area contributed by atoms with Crippen LogP contribution in [0, 0.1) is 13.8 Å². The molecule has 0 spiro atoms. The number of aryl methyl sites for hydroxylation is 2. The normalized spacial score (nSPS) is 14.8. The number of aromatic nitrogens is 1. The van der Waals surface area contributed by atoms with Crippen LogP contribution in [-0.2, 0) is 11.3 Å². The minimum atomic E-state index is -0.474. The molecule has 2 rings (SSSR count). The highest BCUT2D eigenvalue weighted by Gasteiger charge is 2.34. The lowest BCUT2D eigenvalue weighted by molar-refractivity contribution is 0.0238. The van der Waals surface area contributed by atoms with E-state index in [1.165, 1.54) is 4.88 Å². The Morgan fingerprint density at radius 3 is 2.56 bits per heavy atom. The van der Waals surface area contributed by atoms with Crippen LogP contribution in [0.4, 0.5) is 4.79 Å². The summed E-state index contributed by atoms with van der Waals surface area (Å²) in [6.45, 7) is 14.4. The lowest BCUT2D eigenvalue weighted by atomic mass is 10.2. The molecule has 1 aromatic heterocycles. The summed E-state index contributed by atoms with van der Waals surface area (Å²) in [4.78, 5) is 24.6. The van der Waals surface area contributed by atoms with E-state index in [0.29, 0.717) is 25.7 Å². The zero-order valence-electron chi connectivity index (χ0n) is 17.4. The lowest BCUT2D eigenvalue weighted by Gasteiger charge is -2.27. The minimum Gasteiger partial charge on any atom is -0.444 e. The van der Waals surface area contributed by atoms with Crippen molar-refractivity contribution in [2.45, 2.75) is 72.6 Å². The second-order valence-corrected chi connectivity index (χ2v) is 9.06. The van der Waals surface area contributed by atoms with Crippen molar-refractivity contribution in [3.63, 3.8) is 0 Å². The molecule has 0 radical (unpaired) electrons. The number of rotatable bonds is 7. The number of guanidine groups is 1. The highest BCUT2D eigenvalue weighted by Crippen LogP contribution is 2.28. The second-order valence-electron chi connectivity index (χ2n) is 7.78. The van der Waals surface area contributed by atoms with E-state index in [4.69, 9.17) is 4.74 Å². The van der Waals surface area contributed by atoms with Gasteiger partial charge in [0.1, 0.15) is 10.6 Å². The van der Waals surface area contributed by atoms with Crippen molar-refractivity contribution >= 4 is 23.4 Å². The Balaban J connectivity index is 1.88. The molecule has 27 heavy (non-hydrogen) atoms. The summed E-state index contributed by atoms with van der Waals surface area (Å²) >= 11 is 1.68. The molecule has 1 aliphatic carbocycles. The van der Waals surface area contributed by atoms with Crippen molar-refractivity contribution in [3.05, 3.63) is 15.6 Å². The average molecular weight is 396 g/mol. The van der Waals surface area contributed by atoms with Gasteiger partial charge in [0.05, 0.1) is 12.2 Å². The molecule has 0 aromatic carbocycles. The molecule has 1 aromatic rings. The Morgan fingerprint density at radius 2 is 2.04 bits per heavy atom. The number of ether oxygens (including phenoxy) is 1. The van der Waals surface area contributed by atoms with Gasteiger partial charge >= 0.3 is 6.09 Å². The molecule has 2 N–H and O–H groups in total. The molecule has 0 bridgehead atoms. The van der Waals surface area contributed by atoms with E-state index < -0.39 is 5.60 Å². The van der Waals surface area contributed by atoms with Crippen LogP contribution in [-0.4, -0.2) is 53.2 Å². The fourth-order valence-electron chi connectivity index (χ4n) is 2.52. The zero-order valence-corrected chi connectivity index (χ0v) is 18.2. The third kappa shape index (κ3) is 7.36. The number of carbonyl (C=O) groups is 1. The minimum absolute atomic E-state index is 0.234. The van der Waals surface area contributed by atoms with Crippen LogP contribution in [0.5, 0.6) is 0 Å². The first-order valence-electron chi connectivity index (χ1n) is 9.64. The van der Waals surface area contributed by atoms with Gasteiger partial charge in [0, 0.05) is 30.6 Å². The molecule has 0 saturated heterocycles. The molecule has 1 fully saturated rings. The third-order valence-electron chi connectivity index (χ3n) is 4.05. The van der Waals surface area contributed by atoms with Crippen LogP contribution >= 0.6 is 11.3 Å². The van der Waals surface area contributed by atoms with Gasteiger partial charge in [0.25, 0.3) is 0 Å². The Labute approximate surface area is 166 Å². The molecule has 0 atom stereocenters. The summed E-state index contributed by atoms with van der Waals surface area (Å²) in [6.07, 6.45) is 1.87.